The normalized spacial score (nSPS) is 10.8. The number of aromatic nitrogens is 5. The van der Waals surface area contributed by atoms with Gasteiger partial charge in [0, 0.05) is 22.8 Å². The SMILES string of the molecule is Cc1ncn(-c2cc(Oc3ccc(NC(=O)c4ccc5ccccc5n4)cc3)ncn2)c1C. The van der Waals surface area contributed by atoms with E-state index in [2.05, 4.69) is 25.3 Å². The van der Waals surface area contributed by atoms with Gasteiger partial charge in [0.15, 0.2) is 0 Å². The van der Waals surface area contributed by atoms with Crippen LogP contribution in [0.25, 0.3) is 16.7 Å². The molecule has 0 aliphatic carbocycles. The number of hydrogen-bond acceptors (Lipinski definition) is 6. The quantitative estimate of drug-likeness (QED) is 0.422. The van der Waals surface area contributed by atoms with Gasteiger partial charge in [-0.15, -0.1) is 0 Å². The first-order valence-corrected chi connectivity index (χ1v) is 10.3. The third kappa shape index (κ3) is 4.27. The zero-order valence-electron chi connectivity index (χ0n) is 18.1. The number of anilines is 1. The Morgan fingerprint density at radius 2 is 1.76 bits per heavy atom. The van der Waals surface area contributed by atoms with Crippen molar-refractivity contribution in [3.8, 4) is 17.4 Å². The maximum atomic E-state index is 12.6. The largest absolute Gasteiger partial charge is 0.439 e. The number of carbonyl (C=O) groups is 1. The summed E-state index contributed by atoms with van der Waals surface area (Å²) in [4.78, 5) is 29.8. The van der Waals surface area contributed by atoms with Crippen molar-refractivity contribution in [1.29, 1.82) is 0 Å². The van der Waals surface area contributed by atoms with E-state index in [1.54, 1.807) is 42.7 Å². The summed E-state index contributed by atoms with van der Waals surface area (Å²) in [5.41, 5.74) is 3.70. The summed E-state index contributed by atoms with van der Waals surface area (Å²) >= 11 is 0. The van der Waals surface area contributed by atoms with Crippen LogP contribution in [0.4, 0.5) is 5.69 Å². The molecule has 3 aromatic heterocycles. The fraction of sp³-hybridized carbons (Fsp3) is 0.0800. The van der Waals surface area contributed by atoms with Crippen LogP contribution in [0.3, 0.4) is 0 Å². The van der Waals surface area contributed by atoms with Crippen molar-refractivity contribution in [2.45, 2.75) is 13.8 Å². The fourth-order valence-electron chi connectivity index (χ4n) is 3.36. The zero-order chi connectivity index (χ0) is 22.8. The lowest BCUT2D eigenvalue weighted by atomic mass is 10.2. The Labute approximate surface area is 190 Å². The first-order chi connectivity index (χ1) is 16.1. The summed E-state index contributed by atoms with van der Waals surface area (Å²) in [5.74, 6) is 1.38. The van der Waals surface area contributed by atoms with E-state index in [-0.39, 0.29) is 5.91 Å². The van der Waals surface area contributed by atoms with Crippen molar-refractivity contribution >= 4 is 22.5 Å². The molecule has 8 heteroatoms. The molecule has 5 rings (SSSR count). The summed E-state index contributed by atoms with van der Waals surface area (Å²) in [7, 11) is 0. The fourth-order valence-corrected chi connectivity index (χ4v) is 3.36. The number of fused-ring (bicyclic) bond motifs is 1. The van der Waals surface area contributed by atoms with E-state index in [0.717, 1.165) is 22.3 Å². The molecule has 0 spiro atoms. The van der Waals surface area contributed by atoms with Gasteiger partial charge in [-0.1, -0.05) is 24.3 Å². The topological polar surface area (TPSA) is 94.8 Å². The molecule has 5 aromatic rings. The van der Waals surface area contributed by atoms with Gasteiger partial charge in [0.05, 0.1) is 11.2 Å². The standard InChI is InChI=1S/C25H20N6O2/c1-16-17(2)31(15-28-16)23-13-24(27-14-26-23)33-20-10-8-19(9-11-20)29-25(32)22-12-7-18-5-3-4-6-21(18)30-22/h3-15H,1-2H3,(H,29,32). The molecule has 0 radical (unpaired) electrons. The highest BCUT2D eigenvalue weighted by Gasteiger charge is 2.10. The van der Waals surface area contributed by atoms with Gasteiger partial charge in [-0.05, 0) is 50.2 Å². The van der Waals surface area contributed by atoms with Crippen molar-refractivity contribution in [3.05, 3.63) is 96.5 Å². The molecule has 8 nitrogen and oxygen atoms in total. The molecular weight excluding hydrogens is 416 g/mol. The van der Waals surface area contributed by atoms with E-state index in [4.69, 9.17) is 4.74 Å². The van der Waals surface area contributed by atoms with E-state index < -0.39 is 0 Å². The highest BCUT2D eigenvalue weighted by Crippen LogP contribution is 2.23. The molecule has 0 unspecified atom stereocenters. The Kier molecular flexibility index (Phi) is 5.24. The second-order valence-electron chi connectivity index (χ2n) is 7.47. The van der Waals surface area contributed by atoms with Gasteiger partial charge in [-0.3, -0.25) is 9.36 Å². The van der Waals surface area contributed by atoms with Crippen LogP contribution in [0.15, 0.2) is 79.4 Å². The van der Waals surface area contributed by atoms with E-state index in [1.165, 1.54) is 6.33 Å². The number of carbonyl (C=O) groups excluding carboxylic acids is 1. The van der Waals surface area contributed by atoms with E-state index in [1.807, 2.05) is 48.7 Å². The summed E-state index contributed by atoms with van der Waals surface area (Å²) in [6.07, 6.45) is 3.17. The lowest BCUT2D eigenvalue weighted by molar-refractivity contribution is 0.102. The average Bonchev–Trinajstić information content (AvgIpc) is 3.18. The number of nitrogens with zero attached hydrogens (tertiary/aromatic N) is 5. The number of ether oxygens (including phenoxy) is 1. The minimum atomic E-state index is -0.277. The van der Waals surface area contributed by atoms with E-state index >= 15 is 0 Å². The molecular formula is C25H20N6O2. The molecule has 2 aromatic carbocycles. The second-order valence-corrected chi connectivity index (χ2v) is 7.47. The van der Waals surface area contributed by atoms with Crippen molar-refractivity contribution in [2.24, 2.45) is 0 Å². The minimum absolute atomic E-state index is 0.277. The molecule has 0 bridgehead atoms. The lowest BCUT2D eigenvalue weighted by Gasteiger charge is -2.09. The van der Waals surface area contributed by atoms with Crippen LogP contribution in [0.2, 0.25) is 0 Å². The summed E-state index contributed by atoms with van der Waals surface area (Å²) in [6, 6.07) is 20.1. The third-order valence-corrected chi connectivity index (χ3v) is 5.29. The van der Waals surface area contributed by atoms with E-state index in [9.17, 15) is 4.79 Å². The van der Waals surface area contributed by atoms with Gasteiger partial charge < -0.3 is 10.1 Å². The van der Waals surface area contributed by atoms with Crippen LogP contribution in [-0.4, -0.2) is 30.4 Å². The first-order valence-electron chi connectivity index (χ1n) is 10.3. The highest BCUT2D eigenvalue weighted by molar-refractivity contribution is 6.04. The maximum Gasteiger partial charge on any atom is 0.274 e. The molecule has 0 aliphatic rings. The number of benzene rings is 2. The molecule has 3 heterocycles. The summed E-state index contributed by atoms with van der Waals surface area (Å²) in [5, 5.41) is 3.85. The Morgan fingerprint density at radius 1 is 0.939 bits per heavy atom. The number of hydrogen-bond donors (Lipinski definition) is 1. The number of pyridine rings is 1. The second kappa shape index (κ2) is 8.51. The van der Waals surface area contributed by atoms with Gasteiger partial charge in [0.25, 0.3) is 5.91 Å². The number of aryl methyl sites for hydroxylation is 1. The summed E-state index contributed by atoms with van der Waals surface area (Å²) < 4.78 is 7.75. The number of imidazole rings is 1. The third-order valence-electron chi connectivity index (χ3n) is 5.29. The van der Waals surface area contributed by atoms with Gasteiger partial charge >= 0.3 is 0 Å². The predicted molar refractivity (Wildman–Crippen MR) is 125 cm³/mol. The molecule has 1 N–H and O–H groups in total. The van der Waals surface area contributed by atoms with Gasteiger partial charge in [0.1, 0.15) is 29.9 Å². The number of amides is 1. The van der Waals surface area contributed by atoms with Crippen LogP contribution in [0.1, 0.15) is 21.9 Å². The Bertz CT molecular complexity index is 1460. The molecule has 0 fully saturated rings. The zero-order valence-corrected chi connectivity index (χ0v) is 18.1. The van der Waals surface area contributed by atoms with Crippen LogP contribution < -0.4 is 10.1 Å². The van der Waals surface area contributed by atoms with Crippen molar-refractivity contribution < 1.29 is 9.53 Å². The van der Waals surface area contributed by atoms with Crippen LogP contribution in [0.5, 0.6) is 11.6 Å². The van der Waals surface area contributed by atoms with Gasteiger partial charge in [0.2, 0.25) is 5.88 Å². The monoisotopic (exact) mass is 436 g/mol. The Balaban J connectivity index is 1.28. The molecule has 0 aliphatic heterocycles. The first kappa shape index (κ1) is 20.3. The van der Waals surface area contributed by atoms with Crippen LogP contribution in [-0.2, 0) is 0 Å². The number of para-hydroxylation sites is 1. The van der Waals surface area contributed by atoms with Gasteiger partial charge in [-0.25, -0.2) is 19.9 Å². The van der Waals surface area contributed by atoms with Crippen LogP contribution >= 0.6 is 0 Å². The van der Waals surface area contributed by atoms with Gasteiger partial charge in [-0.2, -0.15) is 0 Å². The summed E-state index contributed by atoms with van der Waals surface area (Å²) in [6.45, 7) is 3.92. The number of rotatable bonds is 5. The van der Waals surface area contributed by atoms with E-state index in [0.29, 0.717) is 28.8 Å². The molecule has 162 valence electrons. The average molecular weight is 436 g/mol. The molecule has 0 saturated heterocycles. The molecule has 1 amide bonds. The molecule has 0 saturated carbocycles. The van der Waals surface area contributed by atoms with Crippen LogP contribution in [0, 0.1) is 13.8 Å². The number of nitrogens with one attached hydrogen (secondary N) is 1. The Hall–Kier alpha value is -4.59. The molecule has 0 atom stereocenters. The van der Waals surface area contributed by atoms with Crippen molar-refractivity contribution in [2.75, 3.05) is 5.32 Å². The van der Waals surface area contributed by atoms with Crippen molar-refractivity contribution in [3.63, 3.8) is 0 Å². The lowest BCUT2D eigenvalue weighted by Crippen LogP contribution is -2.13. The predicted octanol–water partition coefficient (Wildman–Crippen LogP) is 4.87. The highest BCUT2D eigenvalue weighted by atomic mass is 16.5. The smallest absolute Gasteiger partial charge is 0.274 e. The van der Waals surface area contributed by atoms with Crippen molar-refractivity contribution in [1.82, 2.24) is 24.5 Å². The Morgan fingerprint density at radius 3 is 2.55 bits per heavy atom. The maximum absolute atomic E-state index is 12.6. The molecule has 33 heavy (non-hydrogen) atoms. The minimum Gasteiger partial charge on any atom is -0.439 e.